The summed E-state index contributed by atoms with van der Waals surface area (Å²) in [5.74, 6) is 0. The highest BCUT2D eigenvalue weighted by Crippen LogP contribution is 2.56. The third-order valence-corrected chi connectivity index (χ3v) is 18.6. The van der Waals surface area contributed by atoms with E-state index >= 15 is 0 Å². The van der Waals surface area contributed by atoms with Crippen LogP contribution in [0.3, 0.4) is 0 Å². The van der Waals surface area contributed by atoms with Crippen molar-refractivity contribution in [2.24, 2.45) is 0 Å². The zero-order valence-electron chi connectivity index (χ0n) is 28.5. The van der Waals surface area contributed by atoms with Gasteiger partial charge in [-0.3, -0.25) is 0 Å². The monoisotopic (exact) mass is 639 g/mol. The molecule has 0 unspecified atom stereocenters. The van der Waals surface area contributed by atoms with E-state index in [0.29, 0.717) is 13.2 Å². The van der Waals surface area contributed by atoms with Crippen molar-refractivity contribution < 1.29 is 9.16 Å². The Morgan fingerprint density at radius 1 is 0.578 bits per heavy atom. The molecular weight excluding hydrogens is 584 g/mol. The lowest BCUT2D eigenvalue weighted by molar-refractivity contribution is 0.0294. The summed E-state index contributed by atoms with van der Waals surface area (Å²) in [6, 6.07) is 44.4. The molecule has 0 aliphatic heterocycles. The van der Waals surface area contributed by atoms with Crippen LogP contribution >= 0.6 is 7.26 Å². The standard InChI is InChI=1S/C41H56O2PSi/c1-41(2,3)45(4,5)43-37(35-42-34-36-24-14-10-15-25-36)26-16-8-6-7-9-23-33-44(38-27-17-11-18-28-38,39-29-19-12-20-30-39)40-31-21-13-22-32-40/h10-15,17-22,24-25,27-32,37H,6-9,16,23,26,33-35H2,1-5H3/q+1/t37-/m1/s1. The van der Waals surface area contributed by atoms with Gasteiger partial charge in [-0.05, 0) is 79.4 Å². The second-order valence-corrected chi connectivity index (χ2v) is 22.3. The van der Waals surface area contributed by atoms with Crippen LogP contribution in [-0.4, -0.2) is 27.2 Å². The molecule has 240 valence electrons. The van der Waals surface area contributed by atoms with E-state index in [9.17, 15) is 0 Å². The lowest BCUT2D eigenvalue weighted by Crippen LogP contribution is -2.45. The van der Waals surface area contributed by atoms with Gasteiger partial charge in [0, 0.05) is 0 Å². The van der Waals surface area contributed by atoms with E-state index in [1.54, 1.807) is 0 Å². The van der Waals surface area contributed by atoms with Gasteiger partial charge in [-0.1, -0.05) is 131 Å². The topological polar surface area (TPSA) is 18.5 Å². The molecule has 2 nitrogen and oxygen atoms in total. The summed E-state index contributed by atoms with van der Waals surface area (Å²) in [5, 5.41) is 4.67. The summed E-state index contributed by atoms with van der Waals surface area (Å²) in [5.41, 5.74) is 1.22. The van der Waals surface area contributed by atoms with Crippen molar-refractivity contribution in [2.75, 3.05) is 12.8 Å². The minimum absolute atomic E-state index is 0.169. The lowest BCUT2D eigenvalue weighted by atomic mass is 10.1. The fourth-order valence-corrected chi connectivity index (χ4v) is 11.7. The van der Waals surface area contributed by atoms with Crippen molar-refractivity contribution in [3.63, 3.8) is 0 Å². The summed E-state index contributed by atoms with van der Waals surface area (Å²) in [7, 11) is -3.58. The molecule has 0 aromatic heterocycles. The third kappa shape index (κ3) is 10.2. The van der Waals surface area contributed by atoms with Crippen LogP contribution in [0.1, 0.15) is 71.3 Å². The molecule has 0 aliphatic rings. The summed E-state index contributed by atoms with van der Waals surface area (Å²) in [4.78, 5) is 0. The molecule has 4 aromatic carbocycles. The molecule has 0 saturated carbocycles. The molecule has 0 aliphatic carbocycles. The zero-order chi connectivity index (χ0) is 32.0. The van der Waals surface area contributed by atoms with Crippen molar-refractivity contribution >= 4 is 31.5 Å². The van der Waals surface area contributed by atoms with E-state index in [-0.39, 0.29) is 11.1 Å². The van der Waals surface area contributed by atoms with E-state index in [1.807, 2.05) is 0 Å². The Morgan fingerprint density at radius 2 is 1.00 bits per heavy atom. The van der Waals surface area contributed by atoms with Crippen LogP contribution in [0.5, 0.6) is 0 Å². The van der Waals surface area contributed by atoms with E-state index < -0.39 is 15.6 Å². The first-order valence-corrected chi connectivity index (χ1v) is 21.9. The fourth-order valence-electron chi connectivity index (χ4n) is 5.96. The number of unbranched alkanes of at least 4 members (excludes halogenated alkanes) is 5. The molecule has 4 heteroatoms. The highest BCUT2D eigenvalue weighted by Gasteiger charge is 2.44. The first-order chi connectivity index (χ1) is 21.7. The van der Waals surface area contributed by atoms with Gasteiger partial charge >= 0.3 is 0 Å². The Hall–Kier alpha value is -2.55. The van der Waals surface area contributed by atoms with Gasteiger partial charge < -0.3 is 9.16 Å². The SMILES string of the molecule is CC(C)(C)[Si](C)(C)O[C@H](CCCCCCCC[P+](c1ccccc1)(c1ccccc1)c1ccccc1)COCc1ccccc1. The largest absolute Gasteiger partial charge is 0.412 e. The molecule has 0 saturated heterocycles. The van der Waals surface area contributed by atoms with Gasteiger partial charge in [-0.25, -0.2) is 0 Å². The first-order valence-electron chi connectivity index (χ1n) is 17.1. The van der Waals surface area contributed by atoms with Gasteiger partial charge in [-0.2, -0.15) is 0 Å². The van der Waals surface area contributed by atoms with Crippen LogP contribution < -0.4 is 15.9 Å². The minimum atomic E-state index is -1.86. The van der Waals surface area contributed by atoms with Crippen LogP contribution in [0.4, 0.5) is 0 Å². The van der Waals surface area contributed by atoms with Crippen LogP contribution in [0, 0.1) is 0 Å². The Morgan fingerprint density at radius 3 is 1.47 bits per heavy atom. The predicted molar refractivity (Wildman–Crippen MR) is 201 cm³/mol. The molecule has 0 heterocycles. The number of ether oxygens (including phenoxy) is 1. The quantitative estimate of drug-likeness (QED) is 0.0613. The van der Waals surface area contributed by atoms with E-state index in [0.717, 1.165) is 6.42 Å². The zero-order valence-corrected chi connectivity index (χ0v) is 30.4. The van der Waals surface area contributed by atoms with E-state index in [2.05, 4.69) is 155 Å². The molecule has 0 N–H and O–H groups in total. The van der Waals surface area contributed by atoms with Crippen molar-refractivity contribution in [3.05, 3.63) is 127 Å². The van der Waals surface area contributed by atoms with Gasteiger partial charge in [0.25, 0.3) is 0 Å². The van der Waals surface area contributed by atoms with E-state index in [4.69, 9.17) is 9.16 Å². The smallest absolute Gasteiger partial charge is 0.192 e. The van der Waals surface area contributed by atoms with Gasteiger partial charge in [0.2, 0.25) is 0 Å². The fraction of sp³-hybridized carbons (Fsp3) is 0.415. The lowest BCUT2D eigenvalue weighted by Gasteiger charge is -2.39. The highest BCUT2D eigenvalue weighted by molar-refractivity contribution is 7.95. The van der Waals surface area contributed by atoms with Crippen LogP contribution in [0.2, 0.25) is 18.1 Å². The molecule has 4 aromatic rings. The Balaban J connectivity index is 1.30. The van der Waals surface area contributed by atoms with E-state index in [1.165, 1.54) is 66.2 Å². The second-order valence-electron chi connectivity index (χ2n) is 14.0. The number of hydrogen-bond donors (Lipinski definition) is 0. The molecule has 0 radical (unpaired) electrons. The molecule has 1 atom stereocenters. The maximum absolute atomic E-state index is 6.87. The third-order valence-electron chi connectivity index (χ3n) is 9.54. The maximum atomic E-state index is 6.87. The molecule has 4 rings (SSSR count). The minimum Gasteiger partial charge on any atom is -0.412 e. The van der Waals surface area contributed by atoms with Crippen LogP contribution in [0.15, 0.2) is 121 Å². The summed E-state index contributed by atoms with van der Waals surface area (Å²) >= 11 is 0. The molecule has 0 bridgehead atoms. The molecular formula is C41H56O2PSi+. The number of rotatable bonds is 18. The Labute approximate surface area is 276 Å². The van der Waals surface area contributed by atoms with Gasteiger partial charge in [0.05, 0.1) is 25.5 Å². The Kier molecular flexibility index (Phi) is 13.6. The predicted octanol–water partition coefficient (Wildman–Crippen LogP) is 10.3. The van der Waals surface area contributed by atoms with Crippen molar-refractivity contribution in [2.45, 2.75) is 96.6 Å². The van der Waals surface area contributed by atoms with Crippen molar-refractivity contribution in [1.82, 2.24) is 0 Å². The first kappa shape index (κ1) is 35.3. The Bertz CT molecular complexity index is 1260. The van der Waals surface area contributed by atoms with Gasteiger partial charge in [0.15, 0.2) is 8.32 Å². The average molecular weight is 640 g/mol. The highest BCUT2D eigenvalue weighted by atomic mass is 31.2. The summed E-state index contributed by atoms with van der Waals surface area (Å²) in [6.45, 7) is 13.0. The van der Waals surface area contributed by atoms with Crippen LogP contribution in [-0.2, 0) is 15.8 Å². The molecule has 0 fully saturated rings. The van der Waals surface area contributed by atoms with Gasteiger partial charge in [-0.15, -0.1) is 0 Å². The summed E-state index contributed by atoms with van der Waals surface area (Å²) in [6.07, 6.45) is 10.0. The second kappa shape index (κ2) is 17.4. The molecule has 0 amide bonds. The van der Waals surface area contributed by atoms with Crippen molar-refractivity contribution in [3.8, 4) is 0 Å². The maximum Gasteiger partial charge on any atom is 0.192 e. The van der Waals surface area contributed by atoms with Gasteiger partial charge in [0.1, 0.15) is 23.2 Å². The van der Waals surface area contributed by atoms with Crippen molar-refractivity contribution in [1.29, 1.82) is 0 Å². The van der Waals surface area contributed by atoms with Crippen LogP contribution in [0.25, 0.3) is 0 Å². The average Bonchev–Trinajstić information content (AvgIpc) is 3.05. The number of hydrogen-bond acceptors (Lipinski definition) is 2. The summed E-state index contributed by atoms with van der Waals surface area (Å²) < 4.78 is 13.1. The molecule has 45 heavy (non-hydrogen) atoms. The molecule has 0 spiro atoms. The normalized spacial score (nSPS) is 13.1. The number of benzene rings is 4.